The molecule has 19 heavy (non-hydrogen) atoms. The first-order valence-corrected chi connectivity index (χ1v) is 8.05. The second kappa shape index (κ2) is 8.93. The van der Waals surface area contributed by atoms with Crippen LogP contribution in [0.3, 0.4) is 0 Å². The molecule has 0 aromatic carbocycles. The molecule has 0 saturated carbocycles. The van der Waals surface area contributed by atoms with Crippen molar-refractivity contribution < 1.29 is 4.74 Å². The van der Waals surface area contributed by atoms with E-state index >= 15 is 0 Å². The molecule has 3 heteroatoms. The average molecular weight is 270 g/mol. The van der Waals surface area contributed by atoms with E-state index in [0.717, 1.165) is 32.2 Å². The lowest BCUT2D eigenvalue weighted by Gasteiger charge is -2.40. The molecule has 1 heterocycles. The third-order valence-electron chi connectivity index (χ3n) is 4.10. The van der Waals surface area contributed by atoms with Gasteiger partial charge in [0.05, 0.1) is 0 Å². The molecule has 1 aliphatic rings. The van der Waals surface area contributed by atoms with Gasteiger partial charge in [-0.15, -0.1) is 0 Å². The summed E-state index contributed by atoms with van der Waals surface area (Å²) in [5.74, 6) is 0.731. The Morgan fingerprint density at radius 1 is 1.26 bits per heavy atom. The Bertz CT molecular complexity index is 225. The normalized spacial score (nSPS) is 19.3. The lowest BCUT2D eigenvalue weighted by atomic mass is 9.79. The summed E-state index contributed by atoms with van der Waals surface area (Å²) in [6.45, 7) is 13.4. The van der Waals surface area contributed by atoms with Gasteiger partial charge < -0.3 is 15.0 Å². The van der Waals surface area contributed by atoms with E-state index in [4.69, 9.17) is 4.74 Å². The maximum Gasteiger partial charge on any atom is 0.0472 e. The molecule has 0 spiro atoms. The third-order valence-corrected chi connectivity index (χ3v) is 4.10. The first-order valence-electron chi connectivity index (χ1n) is 8.05. The second-order valence-corrected chi connectivity index (χ2v) is 6.73. The van der Waals surface area contributed by atoms with Crippen molar-refractivity contribution in [2.45, 2.75) is 46.5 Å². The summed E-state index contributed by atoms with van der Waals surface area (Å²) in [7, 11) is 2.27. The maximum atomic E-state index is 5.57. The van der Waals surface area contributed by atoms with Crippen LogP contribution in [0.2, 0.25) is 0 Å². The van der Waals surface area contributed by atoms with Crippen molar-refractivity contribution in [3.63, 3.8) is 0 Å². The lowest BCUT2D eigenvalue weighted by Crippen LogP contribution is -2.47. The Labute approximate surface area is 120 Å². The summed E-state index contributed by atoms with van der Waals surface area (Å²) < 4.78 is 5.57. The van der Waals surface area contributed by atoms with Gasteiger partial charge in [0, 0.05) is 26.3 Å². The van der Waals surface area contributed by atoms with Gasteiger partial charge in [0.1, 0.15) is 0 Å². The smallest absolute Gasteiger partial charge is 0.0472 e. The number of ether oxygens (including phenoxy) is 1. The van der Waals surface area contributed by atoms with Gasteiger partial charge in [-0.3, -0.25) is 0 Å². The molecular formula is C16H34N2O. The molecule has 0 radical (unpaired) electrons. The largest absolute Gasteiger partial charge is 0.381 e. The summed E-state index contributed by atoms with van der Waals surface area (Å²) in [6, 6.07) is 0. The van der Waals surface area contributed by atoms with Crippen LogP contribution in [0, 0.1) is 11.3 Å². The Hall–Kier alpha value is -0.120. The van der Waals surface area contributed by atoms with Crippen LogP contribution >= 0.6 is 0 Å². The molecule has 1 saturated heterocycles. The predicted octanol–water partition coefficient (Wildman–Crippen LogP) is 2.76. The van der Waals surface area contributed by atoms with Crippen LogP contribution in [0.25, 0.3) is 0 Å². The molecule has 1 fully saturated rings. The number of nitrogens with zero attached hydrogens (tertiary/aromatic N) is 1. The van der Waals surface area contributed by atoms with Gasteiger partial charge in [0.2, 0.25) is 0 Å². The van der Waals surface area contributed by atoms with E-state index in [1.54, 1.807) is 0 Å². The fourth-order valence-electron chi connectivity index (χ4n) is 2.90. The van der Waals surface area contributed by atoms with Gasteiger partial charge in [-0.25, -0.2) is 0 Å². The van der Waals surface area contributed by atoms with Gasteiger partial charge >= 0.3 is 0 Å². The molecule has 1 aliphatic heterocycles. The van der Waals surface area contributed by atoms with Gasteiger partial charge in [-0.05, 0) is 50.7 Å². The summed E-state index contributed by atoms with van der Waals surface area (Å²) >= 11 is 0. The number of rotatable bonds is 9. The van der Waals surface area contributed by atoms with Crippen molar-refractivity contribution in [3.05, 3.63) is 0 Å². The molecule has 114 valence electrons. The summed E-state index contributed by atoms with van der Waals surface area (Å²) in [5, 5.41) is 3.67. The van der Waals surface area contributed by atoms with Crippen LogP contribution in [0.15, 0.2) is 0 Å². The minimum absolute atomic E-state index is 0.426. The Kier molecular flexibility index (Phi) is 7.96. The van der Waals surface area contributed by atoms with Crippen LogP contribution in [-0.2, 0) is 4.74 Å². The molecule has 0 amide bonds. The van der Waals surface area contributed by atoms with Crippen LogP contribution in [-0.4, -0.2) is 51.3 Å². The van der Waals surface area contributed by atoms with Gasteiger partial charge in [-0.2, -0.15) is 0 Å². The van der Waals surface area contributed by atoms with Crippen LogP contribution in [0.1, 0.15) is 46.5 Å². The highest BCUT2D eigenvalue weighted by Gasteiger charge is 2.33. The second-order valence-electron chi connectivity index (χ2n) is 6.73. The van der Waals surface area contributed by atoms with E-state index in [9.17, 15) is 0 Å². The molecule has 0 aromatic rings. The van der Waals surface area contributed by atoms with E-state index < -0.39 is 0 Å². The third kappa shape index (κ3) is 6.73. The molecule has 1 rings (SSSR count). The summed E-state index contributed by atoms with van der Waals surface area (Å²) in [4.78, 5) is 2.52. The number of nitrogens with one attached hydrogen (secondary N) is 1. The van der Waals surface area contributed by atoms with Crippen molar-refractivity contribution in [3.8, 4) is 0 Å². The first kappa shape index (κ1) is 16.9. The fourth-order valence-corrected chi connectivity index (χ4v) is 2.90. The average Bonchev–Trinajstić information content (AvgIpc) is 2.37. The Balaban J connectivity index is 2.44. The highest BCUT2D eigenvalue weighted by molar-refractivity contribution is 4.86. The van der Waals surface area contributed by atoms with Crippen molar-refractivity contribution in [1.82, 2.24) is 10.2 Å². The Morgan fingerprint density at radius 3 is 2.53 bits per heavy atom. The van der Waals surface area contributed by atoms with E-state index in [-0.39, 0.29) is 0 Å². The highest BCUT2D eigenvalue weighted by atomic mass is 16.5. The molecular weight excluding hydrogens is 236 g/mol. The van der Waals surface area contributed by atoms with Crippen molar-refractivity contribution in [2.24, 2.45) is 11.3 Å². The summed E-state index contributed by atoms with van der Waals surface area (Å²) in [5.41, 5.74) is 0.426. The zero-order valence-corrected chi connectivity index (χ0v) is 13.5. The maximum absolute atomic E-state index is 5.57. The van der Waals surface area contributed by atoms with Gasteiger partial charge in [0.25, 0.3) is 0 Å². The predicted molar refractivity (Wildman–Crippen MR) is 82.6 cm³/mol. The topological polar surface area (TPSA) is 24.5 Å². The molecule has 3 nitrogen and oxygen atoms in total. The molecule has 0 unspecified atom stereocenters. The van der Waals surface area contributed by atoms with E-state index in [2.05, 4.69) is 38.0 Å². The van der Waals surface area contributed by atoms with E-state index in [1.165, 1.54) is 38.8 Å². The quantitative estimate of drug-likeness (QED) is 0.697. The fraction of sp³-hybridized carbons (Fsp3) is 1.00. The molecule has 0 aromatic heterocycles. The highest BCUT2D eigenvalue weighted by Crippen LogP contribution is 2.30. The summed E-state index contributed by atoms with van der Waals surface area (Å²) in [6.07, 6.45) is 5.00. The SMILES string of the molecule is CCCCN(C)CC1(CNCC(C)C)CCOCC1. The molecule has 0 bridgehead atoms. The standard InChI is InChI=1S/C16H34N2O/c1-5-6-9-18(4)14-16(7-10-19-11-8-16)13-17-12-15(2)3/h15,17H,5-14H2,1-4H3. The number of hydrogen-bond acceptors (Lipinski definition) is 3. The van der Waals surface area contributed by atoms with Gasteiger partial charge in [-0.1, -0.05) is 27.2 Å². The first-order chi connectivity index (χ1) is 9.08. The monoisotopic (exact) mass is 270 g/mol. The lowest BCUT2D eigenvalue weighted by molar-refractivity contribution is -0.000917. The molecule has 0 aliphatic carbocycles. The van der Waals surface area contributed by atoms with Crippen molar-refractivity contribution >= 4 is 0 Å². The molecule has 1 N–H and O–H groups in total. The minimum Gasteiger partial charge on any atom is -0.381 e. The zero-order valence-electron chi connectivity index (χ0n) is 13.5. The van der Waals surface area contributed by atoms with Crippen LogP contribution in [0.4, 0.5) is 0 Å². The minimum atomic E-state index is 0.426. The number of hydrogen-bond donors (Lipinski definition) is 1. The molecule has 0 atom stereocenters. The van der Waals surface area contributed by atoms with Crippen molar-refractivity contribution in [1.29, 1.82) is 0 Å². The van der Waals surface area contributed by atoms with Gasteiger partial charge in [0.15, 0.2) is 0 Å². The van der Waals surface area contributed by atoms with E-state index in [0.29, 0.717) is 5.41 Å². The van der Waals surface area contributed by atoms with Crippen LogP contribution in [0.5, 0.6) is 0 Å². The number of unbranched alkanes of at least 4 members (excludes halogenated alkanes) is 1. The zero-order chi connectivity index (χ0) is 14.1. The van der Waals surface area contributed by atoms with Crippen molar-refractivity contribution in [2.75, 3.05) is 46.4 Å². The van der Waals surface area contributed by atoms with E-state index in [1.807, 2.05) is 0 Å². The van der Waals surface area contributed by atoms with Crippen LogP contribution < -0.4 is 5.32 Å². The Morgan fingerprint density at radius 2 is 1.95 bits per heavy atom.